The number of benzene rings is 1. The minimum atomic E-state index is 0.150. The lowest BCUT2D eigenvalue weighted by molar-refractivity contribution is 0.191. The number of aryl methyl sites for hydroxylation is 3. The minimum Gasteiger partial charge on any atom is -0.421 e. The van der Waals surface area contributed by atoms with E-state index in [1.165, 1.54) is 22.4 Å². The summed E-state index contributed by atoms with van der Waals surface area (Å²) in [5.74, 6) is 1.99. The van der Waals surface area contributed by atoms with Gasteiger partial charge < -0.3 is 15.1 Å². The van der Waals surface area contributed by atoms with E-state index in [-0.39, 0.29) is 6.04 Å². The summed E-state index contributed by atoms with van der Waals surface area (Å²) < 4.78 is 8.72. The van der Waals surface area contributed by atoms with Crippen LogP contribution in [0, 0.1) is 13.8 Å². The van der Waals surface area contributed by atoms with Gasteiger partial charge in [-0.15, -0.1) is 0 Å². The second-order valence-corrected chi connectivity index (χ2v) is 9.92. The first-order valence-corrected chi connectivity index (χ1v) is 12.4. The molecule has 2 unspecified atom stereocenters. The molecule has 0 amide bonds. The van der Waals surface area contributed by atoms with Crippen LogP contribution in [-0.2, 0) is 13.5 Å². The fraction of sp³-hybridized carbons (Fsp3) is 0.500. The van der Waals surface area contributed by atoms with Crippen molar-refractivity contribution in [2.75, 3.05) is 31.6 Å². The van der Waals surface area contributed by atoms with Crippen molar-refractivity contribution in [2.24, 2.45) is 12.8 Å². The van der Waals surface area contributed by atoms with Crippen molar-refractivity contribution in [3.8, 4) is 0 Å². The van der Waals surface area contributed by atoms with Gasteiger partial charge in [-0.1, -0.05) is 24.6 Å². The van der Waals surface area contributed by atoms with Gasteiger partial charge in [-0.25, -0.2) is 0 Å². The third-order valence-corrected chi connectivity index (χ3v) is 7.33. The lowest BCUT2D eigenvalue weighted by Gasteiger charge is -2.39. The molecule has 3 aromatic rings. The average molecular weight is 471 g/mol. The molecule has 7 heteroatoms. The van der Waals surface area contributed by atoms with Crippen LogP contribution in [0.2, 0.25) is 5.02 Å². The summed E-state index contributed by atoms with van der Waals surface area (Å²) in [6.07, 6.45) is 5.73. The molecular formula is C26H37ClN5O+. The highest BCUT2D eigenvalue weighted by Gasteiger charge is 2.42. The monoisotopic (exact) mass is 470 g/mol. The van der Waals surface area contributed by atoms with E-state index in [4.69, 9.17) is 26.9 Å². The van der Waals surface area contributed by atoms with E-state index in [0.717, 1.165) is 61.2 Å². The standard InChI is InChI=1S/C26H37ClN5O/c1-6-14-32(5,23-10-8-15-33-23)22(11-12-28)25-20-9-7-13-31(26(20)29-30(25)4)24-19(3)16-18(2)17-21(24)27/h8,10,15-17,22H,6-7,9,11-14,28H2,1-5H3/q+1. The van der Waals surface area contributed by atoms with E-state index >= 15 is 0 Å². The quantitative estimate of drug-likeness (QED) is 0.422. The average Bonchev–Trinajstić information content (AvgIpc) is 3.40. The molecule has 0 radical (unpaired) electrons. The fourth-order valence-corrected chi connectivity index (χ4v) is 6.14. The zero-order valence-corrected chi connectivity index (χ0v) is 21.3. The molecule has 33 heavy (non-hydrogen) atoms. The Labute approximate surface area is 202 Å². The maximum atomic E-state index is 6.77. The molecule has 1 aliphatic heterocycles. The molecule has 2 N–H and O–H groups in total. The fourth-order valence-electron chi connectivity index (χ4n) is 5.72. The van der Waals surface area contributed by atoms with Gasteiger partial charge >= 0.3 is 0 Å². The molecule has 3 heterocycles. The van der Waals surface area contributed by atoms with Gasteiger partial charge in [0.2, 0.25) is 0 Å². The molecule has 0 spiro atoms. The topological polar surface area (TPSA) is 60.2 Å². The van der Waals surface area contributed by atoms with Gasteiger partial charge in [0.15, 0.2) is 5.82 Å². The zero-order chi connectivity index (χ0) is 23.8. The number of halogens is 1. The van der Waals surface area contributed by atoms with E-state index in [1.54, 1.807) is 6.26 Å². The molecule has 2 atom stereocenters. The summed E-state index contributed by atoms with van der Waals surface area (Å²) in [7, 11) is 4.33. The number of hydrogen-bond donors (Lipinski definition) is 1. The van der Waals surface area contributed by atoms with Crippen LogP contribution in [0.15, 0.2) is 34.9 Å². The number of hydrogen-bond acceptors (Lipinski definition) is 4. The molecule has 0 aliphatic carbocycles. The third kappa shape index (κ3) is 4.20. The number of anilines is 2. The van der Waals surface area contributed by atoms with Gasteiger partial charge in [0, 0.05) is 31.6 Å². The Morgan fingerprint density at radius 1 is 1.30 bits per heavy atom. The van der Waals surface area contributed by atoms with Crippen LogP contribution in [0.5, 0.6) is 0 Å². The molecule has 4 rings (SSSR count). The van der Waals surface area contributed by atoms with E-state index < -0.39 is 0 Å². The lowest BCUT2D eigenvalue weighted by atomic mass is 9.95. The molecule has 1 aliphatic rings. The highest BCUT2D eigenvalue weighted by Crippen LogP contribution is 2.44. The Balaban J connectivity index is 1.86. The number of furan rings is 1. The molecular weight excluding hydrogens is 434 g/mol. The predicted molar refractivity (Wildman–Crippen MR) is 137 cm³/mol. The van der Waals surface area contributed by atoms with Gasteiger partial charge in [0.25, 0.3) is 5.88 Å². The zero-order valence-electron chi connectivity index (χ0n) is 20.6. The Bertz CT molecular complexity index is 1080. The van der Waals surface area contributed by atoms with E-state index in [2.05, 4.69) is 56.6 Å². The number of nitrogens with two attached hydrogens (primary N) is 1. The summed E-state index contributed by atoms with van der Waals surface area (Å²) in [5.41, 5.74) is 12.2. The highest BCUT2D eigenvalue weighted by molar-refractivity contribution is 6.33. The van der Waals surface area contributed by atoms with Crippen molar-refractivity contribution in [2.45, 2.75) is 52.5 Å². The van der Waals surface area contributed by atoms with E-state index in [1.807, 2.05) is 12.1 Å². The minimum absolute atomic E-state index is 0.150. The summed E-state index contributed by atoms with van der Waals surface area (Å²) in [6, 6.07) is 8.46. The molecule has 2 aromatic heterocycles. The van der Waals surface area contributed by atoms with Crippen molar-refractivity contribution in [3.63, 3.8) is 0 Å². The van der Waals surface area contributed by atoms with Crippen LogP contribution in [0.25, 0.3) is 0 Å². The lowest BCUT2D eigenvalue weighted by Crippen LogP contribution is -2.50. The molecule has 1 aromatic carbocycles. The number of quaternary nitrogens is 1. The van der Waals surface area contributed by atoms with Crippen molar-refractivity contribution in [3.05, 3.63) is 57.9 Å². The maximum absolute atomic E-state index is 6.77. The Morgan fingerprint density at radius 2 is 2.09 bits per heavy atom. The largest absolute Gasteiger partial charge is 0.421 e. The highest BCUT2D eigenvalue weighted by atomic mass is 35.5. The number of rotatable bonds is 8. The summed E-state index contributed by atoms with van der Waals surface area (Å²) in [5, 5.41) is 5.86. The van der Waals surface area contributed by atoms with Crippen LogP contribution in [0.3, 0.4) is 0 Å². The molecule has 0 bridgehead atoms. The van der Waals surface area contributed by atoms with E-state index in [9.17, 15) is 0 Å². The van der Waals surface area contributed by atoms with Gasteiger partial charge in [-0.2, -0.15) is 5.10 Å². The summed E-state index contributed by atoms with van der Waals surface area (Å²) >= 11 is 6.77. The first-order valence-electron chi connectivity index (χ1n) is 12.0. The van der Waals surface area contributed by atoms with Crippen molar-refractivity contribution >= 4 is 29.0 Å². The third-order valence-electron chi connectivity index (χ3n) is 7.05. The van der Waals surface area contributed by atoms with Crippen LogP contribution in [0.4, 0.5) is 17.4 Å². The Kier molecular flexibility index (Phi) is 6.89. The number of nitrogens with zero attached hydrogens (tertiary/aromatic N) is 4. The van der Waals surface area contributed by atoms with Gasteiger partial charge in [0.1, 0.15) is 11.7 Å². The summed E-state index contributed by atoms with van der Waals surface area (Å²) in [6.45, 7) is 8.92. The first-order chi connectivity index (χ1) is 15.8. The number of fused-ring (bicyclic) bond motifs is 1. The van der Waals surface area contributed by atoms with Gasteiger partial charge in [-0.05, 0) is 62.9 Å². The second-order valence-electron chi connectivity index (χ2n) is 9.51. The first kappa shape index (κ1) is 23.9. The maximum Gasteiger partial charge on any atom is 0.296 e. The van der Waals surface area contributed by atoms with Gasteiger partial charge in [0.05, 0.1) is 30.6 Å². The van der Waals surface area contributed by atoms with Crippen LogP contribution < -0.4 is 15.1 Å². The van der Waals surface area contributed by atoms with Crippen molar-refractivity contribution in [1.82, 2.24) is 14.3 Å². The predicted octanol–water partition coefficient (Wildman–Crippen LogP) is 5.80. The Hall–Kier alpha value is -2.28. The molecule has 0 saturated carbocycles. The van der Waals surface area contributed by atoms with Gasteiger partial charge in [-0.3, -0.25) is 9.16 Å². The van der Waals surface area contributed by atoms with Crippen LogP contribution >= 0.6 is 11.6 Å². The smallest absolute Gasteiger partial charge is 0.296 e. The van der Waals surface area contributed by atoms with Crippen molar-refractivity contribution in [1.29, 1.82) is 0 Å². The normalized spacial score (nSPS) is 16.5. The van der Waals surface area contributed by atoms with Crippen molar-refractivity contribution < 1.29 is 4.42 Å². The SMILES string of the molecule is CCC[N+](C)(c1ccco1)C(CCN)c1c2c(nn1C)N(c1c(C)cc(C)cc1Cl)CCC2. The second kappa shape index (κ2) is 9.53. The summed E-state index contributed by atoms with van der Waals surface area (Å²) in [4.78, 5) is 2.32. The van der Waals surface area contributed by atoms with Crippen LogP contribution in [-0.4, -0.2) is 36.5 Å². The molecule has 6 nitrogen and oxygen atoms in total. The molecule has 0 fully saturated rings. The van der Waals surface area contributed by atoms with Crippen LogP contribution in [0.1, 0.15) is 54.6 Å². The number of aromatic nitrogens is 2. The molecule has 0 saturated heterocycles. The van der Waals surface area contributed by atoms with E-state index in [0.29, 0.717) is 11.0 Å². The Morgan fingerprint density at radius 3 is 2.73 bits per heavy atom. The molecule has 178 valence electrons.